The molecule has 0 aliphatic carbocycles. The Morgan fingerprint density at radius 3 is 2.43 bits per heavy atom. The van der Waals surface area contributed by atoms with E-state index in [9.17, 15) is 19.5 Å². The van der Waals surface area contributed by atoms with Crippen molar-refractivity contribution in [2.45, 2.75) is 96.2 Å². The largest absolute Gasteiger partial charge is 0.394 e. The van der Waals surface area contributed by atoms with Gasteiger partial charge >= 0.3 is 0 Å². The Morgan fingerprint density at radius 2 is 1.83 bits per heavy atom. The fraction of sp³-hybridized carbons (Fsp3) is 0.618. The zero-order chi connectivity index (χ0) is 30.6. The van der Waals surface area contributed by atoms with E-state index >= 15 is 0 Å². The summed E-state index contributed by atoms with van der Waals surface area (Å²) >= 11 is 0. The molecule has 1 N–H and O–H groups in total. The molecule has 3 aliphatic heterocycles. The van der Waals surface area contributed by atoms with E-state index in [2.05, 4.69) is 20.1 Å². The molecule has 1 aromatic carbocycles. The van der Waals surface area contributed by atoms with Crippen molar-refractivity contribution in [2.75, 3.05) is 19.7 Å². The number of aliphatic hydroxyl groups is 1. The predicted molar refractivity (Wildman–Crippen MR) is 163 cm³/mol. The summed E-state index contributed by atoms with van der Waals surface area (Å²) in [5.74, 6) is -2.13. The van der Waals surface area contributed by atoms with Gasteiger partial charge in [0.15, 0.2) is 0 Å². The van der Waals surface area contributed by atoms with Crippen LogP contribution in [0, 0.1) is 17.8 Å². The minimum absolute atomic E-state index is 0.0490. The van der Waals surface area contributed by atoms with Gasteiger partial charge in [-0.1, -0.05) is 76.1 Å². The topological polar surface area (TPSA) is 90.4 Å². The average Bonchev–Trinajstić information content (AvgIpc) is 3.63. The van der Waals surface area contributed by atoms with Gasteiger partial charge in [-0.3, -0.25) is 14.4 Å². The number of benzene rings is 1. The Kier molecular flexibility index (Phi) is 10.3. The number of fused-ring (bicyclic) bond motifs is 1. The molecule has 8 heteroatoms. The van der Waals surface area contributed by atoms with Gasteiger partial charge in [0.1, 0.15) is 11.6 Å². The third kappa shape index (κ3) is 5.55. The molecule has 1 spiro atoms. The highest BCUT2D eigenvalue weighted by Crippen LogP contribution is 2.59. The predicted octanol–water partition coefficient (Wildman–Crippen LogP) is 4.19. The first-order valence-corrected chi connectivity index (χ1v) is 15.7. The maximum atomic E-state index is 14.6. The Hall–Kier alpha value is -2.97. The molecule has 8 atom stereocenters. The molecule has 3 amide bonds. The molecule has 8 nitrogen and oxygen atoms in total. The highest BCUT2D eigenvalue weighted by Gasteiger charge is 2.75. The van der Waals surface area contributed by atoms with Gasteiger partial charge in [0.25, 0.3) is 0 Å². The summed E-state index contributed by atoms with van der Waals surface area (Å²) in [6.07, 6.45) is 6.55. The summed E-state index contributed by atoms with van der Waals surface area (Å²) in [6.45, 7) is 16.7. The van der Waals surface area contributed by atoms with Crippen molar-refractivity contribution in [3.63, 3.8) is 0 Å². The molecule has 0 radical (unpaired) electrons. The lowest BCUT2D eigenvalue weighted by Gasteiger charge is -2.42. The summed E-state index contributed by atoms with van der Waals surface area (Å²) in [7, 11) is 0. The van der Waals surface area contributed by atoms with Gasteiger partial charge in [0.2, 0.25) is 17.7 Å². The lowest BCUT2D eigenvalue weighted by Crippen LogP contribution is -2.60. The van der Waals surface area contributed by atoms with E-state index < -0.39 is 35.6 Å². The smallest absolute Gasteiger partial charge is 0.248 e. The number of hydrogen-bond donors (Lipinski definition) is 1. The fourth-order valence-corrected chi connectivity index (χ4v) is 7.58. The van der Waals surface area contributed by atoms with Crippen molar-refractivity contribution < 1.29 is 24.2 Å². The van der Waals surface area contributed by atoms with Crippen molar-refractivity contribution in [1.82, 2.24) is 14.7 Å². The Balaban J connectivity index is 1.78. The minimum atomic E-state index is -1.11. The quantitative estimate of drug-likeness (QED) is 0.315. The van der Waals surface area contributed by atoms with Crippen LogP contribution in [0.25, 0.3) is 0 Å². The van der Waals surface area contributed by atoms with Gasteiger partial charge in [-0.2, -0.15) is 0 Å². The van der Waals surface area contributed by atoms with E-state index in [1.54, 1.807) is 26.9 Å². The van der Waals surface area contributed by atoms with Gasteiger partial charge in [0, 0.05) is 25.7 Å². The number of hydrogen-bond acceptors (Lipinski definition) is 5. The van der Waals surface area contributed by atoms with Crippen LogP contribution in [-0.4, -0.2) is 87.1 Å². The zero-order valence-electron chi connectivity index (χ0n) is 25.8. The second-order valence-electron chi connectivity index (χ2n) is 12.3. The van der Waals surface area contributed by atoms with Crippen LogP contribution in [0.5, 0.6) is 0 Å². The average molecular weight is 580 g/mol. The maximum absolute atomic E-state index is 14.6. The molecule has 3 aliphatic rings. The summed E-state index contributed by atoms with van der Waals surface area (Å²) < 4.78 is 6.72. The van der Waals surface area contributed by atoms with E-state index in [-0.39, 0.29) is 36.3 Å². The summed E-state index contributed by atoms with van der Waals surface area (Å²) in [6, 6.07) is 8.23. The third-order valence-electron chi connectivity index (χ3n) is 9.83. The molecular weight excluding hydrogens is 530 g/mol. The second kappa shape index (κ2) is 13.6. The van der Waals surface area contributed by atoms with E-state index in [1.165, 1.54) is 0 Å². The van der Waals surface area contributed by atoms with Crippen LogP contribution >= 0.6 is 0 Å². The number of carbonyl (C=O) groups is 3. The second-order valence-corrected chi connectivity index (χ2v) is 12.3. The van der Waals surface area contributed by atoms with Crippen LogP contribution in [0.3, 0.4) is 0 Å². The van der Waals surface area contributed by atoms with Gasteiger partial charge in [-0.25, -0.2) is 0 Å². The molecule has 0 saturated carbocycles. The van der Waals surface area contributed by atoms with Crippen molar-refractivity contribution in [1.29, 1.82) is 0 Å². The number of amides is 3. The van der Waals surface area contributed by atoms with Crippen molar-refractivity contribution >= 4 is 17.7 Å². The zero-order valence-corrected chi connectivity index (χ0v) is 25.8. The number of aliphatic hydroxyl groups excluding tert-OH is 1. The molecule has 3 fully saturated rings. The van der Waals surface area contributed by atoms with Crippen LogP contribution in [0.15, 0.2) is 55.6 Å². The highest BCUT2D eigenvalue weighted by molar-refractivity contribution is 5.99. The molecule has 1 aromatic rings. The monoisotopic (exact) mass is 579 g/mol. The van der Waals surface area contributed by atoms with E-state index in [1.807, 2.05) is 51.1 Å². The number of ether oxygens (including phenoxy) is 1. The van der Waals surface area contributed by atoms with Gasteiger partial charge in [0.05, 0.1) is 30.6 Å². The third-order valence-corrected chi connectivity index (χ3v) is 9.83. The first kappa shape index (κ1) is 32.0. The minimum Gasteiger partial charge on any atom is -0.394 e. The molecule has 42 heavy (non-hydrogen) atoms. The number of rotatable bonds is 15. The molecule has 4 rings (SSSR count). The Bertz CT molecular complexity index is 1140. The van der Waals surface area contributed by atoms with Crippen LogP contribution in [-0.2, 0) is 25.7 Å². The Morgan fingerprint density at radius 1 is 1.14 bits per heavy atom. The van der Waals surface area contributed by atoms with Gasteiger partial charge in [-0.15, -0.1) is 13.2 Å². The lowest BCUT2D eigenvalue weighted by atomic mass is 9.70. The summed E-state index contributed by atoms with van der Waals surface area (Å²) in [5.41, 5.74) is -0.126. The Labute approximate surface area is 251 Å². The summed E-state index contributed by atoms with van der Waals surface area (Å²) in [5, 5.41) is 10.6. The first-order chi connectivity index (χ1) is 20.2. The maximum Gasteiger partial charge on any atom is 0.248 e. The molecule has 230 valence electrons. The molecule has 3 heterocycles. The molecule has 0 aromatic heterocycles. The molecular formula is C34H49N3O5. The normalized spacial score (nSPS) is 28.2. The van der Waals surface area contributed by atoms with Gasteiger partial charge in [-0.05, 0) is 37.7 Å². The lowest BCUT2D eigenvalue weighted by molar-refractivity contribution is -0.154. The van der Waals surface area contributed by atoms with E-state index in [0.29, 0.717) is 32.5 Å². The summed E-state index contributed by atoms with van der Waals surface area (Å²) in [4.78, 5) is 48.7. The van der Waals surface area contributed by atoms with Crippen LogP contribution < -0.4 is 0 Å². The highest BCUT2D eigenvalue weighted by atomic mass is 16.5. The standard InChI is InChI=1S/C34H49N3O5/c1-7-14-24(6)36(20-9-3)33(41)30-34-18-17-27(42-34)28(29(34)32(40)37(30)26(22-38)23(5)10-4)31(39)35(19-8-2)21-25-15-12-11-13-16-25/h8-9,11-13,15-16,23-24,26-30,38H,2-3,7,10,14,17-22H2,1,4-6H3/t23-,24?,26-,27-,28+,29-,30?,34?/m0/s1. The van der Waals surface area contributed by atoms with Crippen LogP contribution in [0.4, 0.5) is 0 Å². The number of nitrogens with zero attached hydrogens (tertiary/aromatic N) is 3. The number of likely N-dealkylation sites (tertiary alicyclic amines) is 1. The molecule has 3 unspecified atom stereocenters. The van der Waals surface area contributed by atoms with Gasteiger partial charge < -0.3 is 24.5 Å². The SMILES string of the molecule is C=CCN(Cc1ccccc1)C(=O)[C@@H]1[C@@H]2CCC3(O2)C(C(=O)N(CC=C)C(C)CCC)N([C@@H](CO)[C@@H](C)CC)C(=O)[C@H]13. The first-order valence-electron chi connectivity index (χ1n) is 15.7. The van der Waals surface area contributed by atoms with Crippen molar-refractivity contribution in [3.8, 4) is 0 Å². The molecule has 2 bridgehead atoms. The molecule has 3 saturated heterocycles. The van der Waals surface area contributed by atoms with Crippen molar-refractivity contribution in [2.24, 2.45) is 17.8 Å². The number of carbonyl (C=O) groups excluding carboxylic acids is 3. The van der Waals surface area contributed by atoms with Crippen LogP contribution in [0.2, 0.25) is 0 Å². The van der Waals surface area contributed by atoms with Crippen molar-refractivity contribution in [3.05, 3.63) is 61.2 Å². The van der Waals surface area contributed by atoms with Crippen LogP contribution in [0.1, 0.15) is 65.4 Å². The van der Waals surface area contributed by atoms with E-state index in [4.69, 9.17) is 4.74 Å². The van der Waals surface area contributed by atoms with E-state index in [0.717, 1.165) is 24.8 Å². The fourth-order valence-electron chi connectivity index (χ4n) is 7.58.